The summed E-state index contributed by atoms with van der Waals surface area (Å²) in [4.78, 5) is 34.8. The second kappa shape index (κ2) is 9.09. The summed E-state index contributed by atoms with van der Waals surface area (Å²) >= 11 is 0. The lowest BCUT2D eigenvalue weighted by atomic mass is 10.1. The first-order chi connectivity index (χ1) is 16.5. The van der Waals surface area contributed by atoms with Crippen molar-refractivity contribution in [3.05, 3.63) is 48.3 Å². The first-order valence-corrected chi connectivity index (χ1v) is 11.4. The predicted octanol–water partition coefficient (Wildman–Crippen LogP) is 4.03. The van der Waals surface area contributed by atoms with Crippen LogP contribution in [0, 0.1) is 6.92 Å². The highest BCUT2D eigenvalue weighted by atomic mass is 16.5. The number of nitrogens with zero attached hydrogens (tertiary/aromatic N) is 5. The number of fused-ring (bicyclic) bond motifs is 1. The van der Waals surface area contributed by atoms with Gasteiger partial charge in [-0.3, -0.25) is 9.59 Å². The van der Waals surface area contributed by atoms with Crippen LogP contribution < -0.4 is 5.32 Å². The van der Waals surface area contributed by atoms with Gasteiger partial charge in [0.1, 0.15) is 0 Å². The lowest BCUT2D eigenvalue weighted by Gasteiger charge is -2.15. The summed E-state index contributed by atoms with van der Waals surface area (Å²) < 4.78 is 7.50. The molecule has 0 radical (unpaired) electrons. The monoisotopic (exact) mass is 458 g/mol. The zero-order valence-corrected chi connectivity index (χ0v) is 19.2. The third-order valence-electron chi connectivity index (χ3n) is 6.13. The number of carbonyl (C=O) groups is 2. The number of likely N-dealkylation sites (tertiary alicyclic amines) is 1. The van der Waals surface area contributed by atoms with Crippen molar-refractivity contribution in [3.8, 4) is 22.8 Å². The second-order valence-electron chi connectivity index (χ2n) is 8.61. The Bertz CT molecular complexity index is 1370. The minimum absolute atomic E-state index is 0.139. The van der Waals surface area contributed by atoms with Crippen molar-refractivity contribution in [2.24, 2.45) is 0 Å². The number of carbonyl (C=O) groups excluding carboxylic acids is 2. The number of hydrogen-bond donors (Lipinski definition) is 1. The maximum Gasteiger partial charge on any atom is 0.258 e. The number of hydrogen-bond acceptors (Lipinski definition) is 6. The molecule has 9 nitrogen and oxygen atoms in total. The van der Waals surface area contributed by atoms with Gasteiger partial charge in [0.15, 0.2) is 0 Å². The highest BCUT2D eigenvalue weighted by molar-refractivity contribution is 5.90. The fourth-order valence-electron chi connectivity index (χ4n) is 4.26. The Morgan fingerprint density at radius 1 is 1.09 bits per heavy atom. The fraction of sp³-hybridized carbons (Fsp3) is 0.320. The van der Waals surface area contributed by atoms with Crippen molar-refractivity contribution in [1.29, 1.82) is 0 Å². The molecule has 1 fully saturated rings. The first kappa shape index (κ1) is 21.8. The third kappa shape index (κ3) is 4.41. The average molecular weight is 459 g/mol. The van der Waals surface area contributed by atoms with E-state index in [0.717, 1.165) is 53.7 Å². The number of amides is 2. The number of anilines is 1. The number of nitrogens with one attached hydrogen (secondary N) is 1. The molecule has 1 aliphatic heterocycles. The molecule has 0 spiro atoms. The van der Waals surface area contributed by atoms with E-state index in [4.69, 9.17) is 4.52 Å². The van der Waals surface area contributed by atoms with Crippen molar-refractivity contribution < 1.29 is 14.1 Å². The largest absolute Gasteiger partial charge is 0.343 e. The molecule has 174 valence electrons. The van der Waals surface area contributed by atoms with Crippen LogP contribution in [-0.2, 0) is 16.1 Å². The quantitative estimate of drug-likeness (QED) is 0.468. The van der Waals surface area contributed by atoms with E-state index in [2.05, 4.69) is 20.4 Å². The van der Waals surface area contributed by atoms with E-state index in [-0.39, 0.29) is 11.8 Å². The normalized spacial score (nSPS) is 13.5. The van der Waals surface area contributed by atoms with Gasteiger partial charge in [-0.1, -0.05) is 11.2 Å². The van der Waals surface area contributed by atoms with Crippen LogP contribution in [0.4, 0.5) is 5.69 Å². The molecule has 3 heterocycles. The summed E-state index contributed by atoms with van der Waals surface area (Å²) in [6, 6.07) is 11.4. The molecule has 2 amide bonds. The van der Waals surface area contributed by atoms with E-state index >= 15 is 0 Å². The Kier molecular flexibility index (Phi) is 5.83. The topological polar surface area (TPSA) is 106 Å². The number of benzene rings is 2. The van der Waals surface area contributed by atoms with Crippen LogP contribution in [0.2, 0.25) is 0 Å². The van der Waals surface area contributed by atoms with Crippen LogP contribution in [0.25, 0.3) is 33.9 Å². The van der Waals surface area contributed by atoms with Crippen LogP contribution in [0.5, 0.6) is 0 Å². The molecule has 1 N–H and O–H groups in total. The summed E-state index contributed by atoms with van der Waals surface area (Å²) in [6.07, 6.45) is 4.43. The molecule has 0 atom stereocenters. The Morgan fingerprint density at radius 2 is 1.88 bits per heavy atom. The van der Waals surface area contributed by atoms with E-state index < -0.39 is 0 Å². The lowest BCUT2D eigenvalue weighted by Crippen LogP contribution is -2.28. The van der Waals surface area contributed by atoms with Gasteiger partial charge >= 0.3 is 0 Å². The van der Waals surface area contributed by atoms with E-state index in [0.29, 0.717) is 30.4 Å². The second-order valence-corrected chi connectivity index (χ2v) is 8.61. The van der Waals surface area contributed by atoms with Crippen molar-refractivity contribution in [2.45, 2.75) is 39.7 Å². The van der Waals surface area contributed by atoms with Gasteiger partial charge in [0.2, 0.25) is 17.6 Å². The van der Waals surface area contributed by atoms with Crippen molar-refractivity contribution in [2.75, 3.05) is 18.4 Å². The maximum absolute atomic E-state index is 12.4. The molecule has 9 heteroatoms. The van der Waals surface area contributed by atoms with Gasteiger partial charge in [0.05, 0.1) is 17.4 Å². The van der Waals surface area contributed by atoms with Crippen LogP contribution in [-0.4, -0.2) is 49.5 Å². The molecule has 5 rings (SSSR count). The molecule has 0 aliphatic carbocycles. The van der Waals surface area contributed by atoms with Crippen LogP contribution in [0.15, 0.2) is 47.2 Å². The van der Waals surface area contributed by atoms with Crippen molar-refractivity contribution in [1.82, 2.24) is 24.6 Å². The van der Waals surface area contributed by atoms with Gasteiger partial charge in [0, 0.05) is 49.8 Å². The van der Waals surface area contributed by atoms with E-state index in [1.54, 1.807) is 6.33 Å². The Morgan fingerprint density at radius 3 is 2.68 bits per heavy atom. The maximum atomic E-state index is 12.4. The summed E-state index contributed by atoms with van der Waals surface area (Å²) in [5.41, 5.74) is 4.93. The molecular formula is C25H26N6O3. The van der Waals surface area contributed by atoms with Gasteiger partial charge in [0.25, 0.3) is 5.89 Å². The zero-order chi connectivity index (χ0) is 23.7. The number of aromatic nitrogens is 4. The molecule has 2 aromatic carbocycles. The molecule has 0 unspecified atom stereocenters. The SMILES string of the molecule is CC(=O)Nc1cc(-c2nc(-c3ccc4c(c3)ncn4CCC(=O)N3CCCC3)no2)ccc1C. The van der Waals surface area contributed by atoms with Gasteiger partial charge in [-0.05, 0) is 55.7 Å². The third-order valence-corrected chi connectivity index (χ3v) is 6.13. The van der Waals surface area contributed by atoms with Crippen LogP contribution in [0.3, 0.4) is 0 Å². The summed E-state index contributed by atoms with van der Waals surface area (Å²) in [7, 11) is 0. The minimum Gasteiger partial charge on any atom is -0.343 e. The van der Waals surface area contributed by atoms with Crippen molar-refractivity contribution >= 4 is 28.5 Å². The lowest BCUT2D eigenvalue weighted by molar-refractivity contribution is -0.130. The Balaban J connectivity index is 1.33. The number of imidazole rings is 1. The first-order valence-electron chi connectivity index (χ1n) is 11.4. The van der Waals surface area contributed by atoms with Gasteiger partial charge in [-0.15, -0.1) is 0 Å². The predicted molar refractivity (Wildman–Crippen MR) is 128 cm³/mol. The summed E-state index contributed by atoms with van der Waals surface area (Å²) in [5, 5.41) is 6.95. The molecule has 0 bridgehead atoms. The highest BCUT2D eigenvalue weighted by Gasteiger charge is 2.18. The minimum atomic E-state index is -0.139. The molecule has 1 aliphatic rings. The smallest absolute Gasteiger partial charge is 0.258 e. The molecule has 34 heavy (non-hydrogen) atoms. The Hall–Kier alpha value is -4.01. The number of aryl methyl sites for hydroxylation is 2. The van der Waals surface area contributed by atoms with Gasteiger partial charge in [-0.2, -0.15) is 4.98 Å². The molecular weight excluding hydrogens is 432 g/mol. The molecule has 0 saturated carbocycles. The van der Waals surface area contributed by atoms with E-state index in [1.807, 2.05) is 52.8 Å². The fourth-order valence-corrected chi connectivity index (χ4v) is 4.26. The molecule has 2 aromatic heterocycles. The van der Waals surface area contributed by atoms with Crippen LogP contribution in [0.1, 0.15) is 31.7 Å². The molecule has 1 saturated heterocycles. The Labute approximate surface area is 196 Å². The van der Waals surface area contributed by atoms with Crippen LogP contribution >= 0.6 is 0 Å². The summed E-state index contributed by atoms with van der Waals surface area (Å²) in [5.74, 6) is 0.887. The van der Waals surface area contributed by atoms with E-state index in [1.165, 1.54) is 6.92 Å². The van der Waals surface area contributed by atoms with Crippen molar-refractivity contribution in [3.63, 3.8) is 0 Å². The molecule has 4 aromatic rings. The van der Waals surface area contributed by atoms with Gasteiger partial charge < -0.3 is 19.3 Å². The van der Waals surface area contributed by atoms with E-state index in [9.17, 15) is 9.59 Å². The number of rotatable bonds is 6. The zero-order valence-electron chi connectivity index (χ0n) is 19.2. The van der Waals surface area contributed by atoms with Gasteiger partial charge in [-0.25, -0.2) is 4.98 Å². The highest BCUT2D eigenvalue weighted by Crippen LogP contribution is 2.28. The standard InChI is InChI=1S/C25H26N6O3/c1-16-5-6-19(14-20(16)27-17(2)32)25-28-24(29-34-25)18-7-8-22-21(13-18)26-15-31(22)12-9-23(33)30-10-3-4-11-30/h5-8,13-15H,3-4,9-12H2,1-2H3,(H,27,32). The summed E-state index contributed by atoms with van der Waals surface area (Å²) in [6.45, 7) is 5.74. The average Bonchev–Trinajstić information content (AvgIpc) is 3.59.